The van der Waals surface area contributed by atoms with Crippen LogP contribution in [0.2, 0.25) is 0 Å². The van der Waals surface area contributed by atoms with Crippen LogP contribution in [0.1, 0.15) is 16.7 Å². The van der Waals surface area contributed by atoms with Crippen molar-refractivity contribution in [3.8, 4) is 0 Å². The van der Waals surface area contributed by atoms with Gasteiger partial charge in [0.2, 0.25) is 0 Å². The van der Waals surface area contributed by atoms with Crippen LogP contribution in [0, 0.1) is 13.8 Å². The number of H-pyrrole nitrogens is 1. The maximum Gasteiger partial charge on any atom is 0.290 e. The van der Waals surface area contributed by atoms with Gasteiger partial charge in [0.15, 0.2) is 5.82 Å². The molecule has 0 amide bonds. The van der Waals surface area contributed by atoms with Crippen molar-refractivity contribution < 1.29 is 0 Å². The Morgan fingerprint density at radius 3 is 2.61 bits per heavy atom. The zero-order valence-electron chi connectivity index (χ0n) is 10.7. The minimum absolute atomic E-state index is 0.182. The Hall–Kier alpha value is -2.10. The van der Waals surface area contributed by atoms with Crippen LogP contribution in [0.15, 0.2) is 35.4 Å². The molecule has 0 aliphatic heterocycles. The topological polar surface area (TPSA) is 57.8 Å². The van der Waals surface area contributed by atoms with Gasteiger partial charge in [0.25, 0.3) is 5.56 Å². The van der Waals surface area contributed by atoms with E-state index < -0.39 is 0 Å². The Kier molecular flexibility index (Phi) is 3.77. The number of nitrogens with one attached hydrogen (secondary N) is 2. The summed E-state index contributed by atoms with van der Waals surface area (Å²) in [6.45, 7) is 4.88. The minimum atomic E-state index is -0.182. The molecular weight excluding hydrogens is 226 g/mol. The second-order valence-corrected chi connectivity index (χ2v) is 4.44. The van der Waals surface area contributed by atoms with Crippen LogP contribution >= 0.6 is 0 Å². The molecule has 1 heterocycles. The molecule has 0 aliphatic carbocycles. The third kappa shape index (κ3) is 3.20. The lowest BCUT2D eigenvalue weighted by Gasteiger charge is -2.06. The molecule has 0 atom stereocenters. The van der Waals surface area contributed by atoms with Gasteiger partial charge >= 0.3 is 0 Å². The summed E-state index contributed by atoms with van der Waals surface area (Å²) in [6, 6.07) is 6.48. The van der Waals surface area contributed by atoms with Crippen LogP contribution in [-0.4, -0.2) is 16.5 Å². The summed E-state index contributed by atoms with van der Waals surface area (Å²) in [5, 5.41) is 3.05. The molecule has 0 fully saturated rings. The Morgan fingerprint density at radius 2 is 1.94 bits per heavy atom. The Bertz CT molecular complexity index is 569. The van der Waals surface area contributed by atoms with E-state index in [4.69, 9.17) is 0 Å². The molecule has 0 spiro atoms. The van der Waals surface area contributed by atoms with E-state index in [0.29, 0.717) is 12.4 Å². The molecule has 0 radical (unpaired) electrons. The van der Waals surface area contributed by atoms with Gasteiger partial charge < -0.3 is 10.3 Å². The molecule has 0 aliphatic rings. The molecule has 18 heavy (non-hydrogen) atoms. The van der Waals surface area contributed by atoms with Crippen molar-refractivity contribution in [2.24, 2.45) is 0 Å². The van der Waals surface area contributed by atoms with Crippen LogP contribution < -0.4 is 10.9 Å². The first kappa shape index (κ1) is 12.4. The van der Waals surface area contributed by atoms with E-state index in [9.17, 15) is 4.79 Å². The van der Waals surface area contributed by atoms with E-state index in [2.05, 4.69) is 47.3 Å². The number of hydrogen-bond donors (Lipinski definition) is 2. The van der Waals surface area contributed by atoms with Gasteiger partial charge in [-0.05, 0) is 25.8 Å². The fourth-order valence-electron chi connectivity index (χ4n) is 2.02. The molecule has 0 saturated heterocycles. The van der Waals surface area contributed by atoms with Gasteiger partial charge in [-0.25, -0.2) is 4.98 Å². The molecule has 94 valence electrons. The summed E-state index contributed by atoms with van der Waals surface area (Å²) in [7, 11) is 0. The fraction of sp³-hybridized carbons (Fsp3) is 0.286. The standard InChI is InChI=1S/C14H17N3O/c1-10-7-11(2)9-12(8-10)3-4-15-13-14(18)17-6-5-16-13/h5-9H,3-4H2,1-2H3,(H,15,16)(H,17,18). The van der Waals surface area contributed by atoms with Crippen LogP contribution in [0.3, 0.4) is 0 Å². The normalized spacial score (nSPS) is 10.3. The first-order valence-corrected chi connectivity index (χ1v) is 6.00. The lowest BCUT2D eigenvalue weighted by Crippen LogP contribution is -2.17. The summed E-state index contributed by atoms with van der Waals surface area (Å²) in [5.74, 6) is 0.377. The monoisotopic (exact) mass is 243 g/mol. The first-order chi connectivity index (χ1) is 8.65. The molecule has 2 aromatic rings. The molecule has 4 heteroatoms. The van der Waals surface area contributed by atoms with E-state index >= 15 is 0 Å². The molecule has 0 saturated carbocycles. The quantitative estimate of drug-likeness (QED) is 0.864. The second-order valence-electron chi connectivity index (χ2n) is 4.44. The average molecular weight is 243 g/mol. The Balaban J connectivity index is 1.96. The summed E-state index contributed by atoms with van der Waals surface area (Å²) in [4.78, 5) is 18.0. The van der Waals surface area contributed by atoms with E-state index in [-0.39, 0.29) is 5.56 Å². The number of aromatic nitrogens is 2. The number of rotatable bonds is 4. The van der Waals surface area contributed by atoms with E-state index in [1.165, 1.54) is 22.9 Å². The van der Waals surface area contributed by atoms with Crippen molar-refractivity contribution in [3.63, 3.8) is 0 Å². The first-order valence-electron chi connectivity index (χ1n) is 6.00. The van der Waals surface area contributed by atoms with Gasteiger partial charge in [0, 0.05) is 18.9 Å². The van der Waals surface area contributed by atoms with Gasteiger partial charge in [-0.3, -0.25) is 4.79 Å². The van der Waals surface area contributed by atoms with Crippen molar-refractivity contribution in [1.29, 1.82) is 0 Å². The lowest BCUT2D eigenvalue weighted by atomic mass is 10.1. The molecule has 1 aromatic carbocycles. The lowest BCUT2D eigenvalue weighted by molar-refractivity contribution is 0.985. The summed E-state index contributed by atoms with van der Waals surface area (Å²) in [5.41, 5.74) is 3.62. The summed E-state index contributed by atoms with van der Waals surface area (Å²) < 4.78 is 0. The highest BCUT2D eigenvalue weighted by molar-refractivity contribution is 5.32. The van der Waals surface area contributed by atoms with Gasteiger partial charge in [-0.1, -0.05) is 29.3 Å². The van der Waals surface area contributed by atoms with Gasteiger partial charge in [0.1, 0.15) is 0 Å². The van der Waals surface area contributed by atoms with Crippen LogP contribution in [0.5, 0.6) is 0 Å². The summed E-state index contributed by atoms with van der Waals surface area (Å²) in [6.07, 6.45) is 3.97. The zero-order chi connectivity index (χ0) is 13.0. The molecule has 2 N–H and O–H groups in total. The maximum absolute atomic E-state index is 11.4. The predicted octanol–water partition coefficient (Wildman–Crippen LogP) is 2.04. The highest BCUT2D eigenvalue weighted by atomic mass is 16.1. The number of benzene rings is 1. The number of aromatic amines is 1. The van der Waals surface area contributed by atoms with Crippen LogP contribution in [-0.2, 0) is 6.42 Å². The molecule has 1 aromatic heterocycles. The fourth-order valence-corrected chi connectivity index (χ4v) is 2.02. The number of anilines is 1. The van der Waals surface area contributed by atoms with Gasteiger partial charge in [0.05, 0.1) is 0 Å². The van der Waals surface area contributed by atoms with Crippen molar-refractivity contribution >= 4 is 5.82 Å². The van der Waals surface area contributed by atoms with E-state index in [1.54, 1.807) is 6.20 Å². The summed E-state index contributed by atoms with van der Waals surface area (Å²) >= 11 is 0. The van der Waals surface area contributed by atoms with Crippen LogP contribution in [0.4, 0.5) is 5.82 Å². The Morgan fingerprint density at radius 1 is 1.22 bits per heavy atom. The third-order valence-corrected chi connectivity index (χ3v) is 2.70. The van der Waals surface area contributed by atoms with Gasteiger partial charge in [-0.2, -0.15) is 0 Å². The minimum Gasteiger partial charge on any atom is -0.365 e. The molecule has 2 rings (SSSR count). The molecular formula is C14H17N3O. The van der Waals surface area contributed by atoms with Crippen molar-refractivity contribution in [3.05, 3.63) is 57.6 Å². The highest BCUT2D eigenvalue weighted by Gasteiger charge is 2.00. The Labute approximate surface area is 106 Å². The molecule has 0 bridgehead atoms. The van der Waals surface area contributed by atoms with E-state index in [0.717, 1.165) is 6.42 Å². The predicted molar refractivity (Wildman–Crippen MR) is 73.0 cm³/mol. The average Bonchev–Trinajstić information content (AvgIpc) is 2.30. The number of aryl methyl sites for hydroxylation is 2. The van der Waals surface area contributed by atoms with Crippen molar-refractivity contribution in [2.75, 3.05) is 11.9 Å². The van der Waals surface area contributed by atoms with Crippen molar-refractivity contribution in [2.45, 2.75) is 20.3 Å². The zero-order valence-corrected chi connectivity index (χ0v) is 10.7. The maximum atomic E-state index is 11.4. The third-order valence-electron chi connectivity index (χ3n) is 2.70. The SMILES string of the molecule is Cc1cc(C)cc(CCNc2ncc[nH]c2=O)c1. The smallest absolute Gasteiger partial charge is 0.290 e. The molecule has 0 unspecified atom stereocenters. The highest BCUT2D eigenvalue weighted by Crippen LogP contribution is 2.09. The largest absolute Gasteiger partial charge is 0.365 e. The van der Waals surface area contributed by atoms with Crippen LogP contribution in [0.25, 0.3) is 0 Å². The number of nitrogens with zero attached hydrogens (tertiary/aromatic N) is 1. The van der Waals surface area contributed by atoms with Crippen molar-refractivity contribution in [1.82, 2.24) is 9.97 Å². The number of hydrogen-bond acceptors (Lipinski definition) is 3. The molecule has 4 nitrogen and oxygen atoms in total. The van der Waals surface area contributed by atoms with E-state index in [1.807, 2.05) is 0 Å². The van der Waals surface area contributed by atoms with Gasteiger partial charge in [-0.15, -0.1) is 0 Å². The second kappa shape index (κ2) is 5.49.